The average molecular weight is 418 g/mol. The fraction of sp³-hybridized carbons (Fsp3) is 0.333. The Morgan fingerprint density at radius 2 is 1.68 bits per heavy atom. The van der Waals surface area contributed by atoms with Gasteiger partial charge < -0.3 is 14.8 Å². The zero-order chi connectivity index (χ0) is 19.9. The molecule has 1 aliphatic rings. The number of methoxy groups -OCH3 is 1. The SMILES string of the molecule is COc1ccc(NC(=O)[C@@H](C)OC(=O)c2ccc(C3SCCCS3)cc2)cc1. The van der Waals surface area contributed by atoms with E-state index in [1.165, 1.54) is 23.5 Å². The molecule has 3 rings (SSSR count). The Balaban J connectivity index is 1.54. The maximum atomic E-state index is 12.4. The van der Waals surface area contributed by atoms with Crippen molar-refractivity contribution in [3.63, 3.8) is 0 Å². The van der Waals surface area contributed by atoms with E-state index < -0.39 is 12.1 Å². The largest absolute Gasteiger partial charge is 0.497 e. The number of carbonyl (C=O) groups is 2. The minimum Gasteiger partial charge on any atom is -0.497 e. The van der Waals surface area contributed by atoms with Crippen molar-refractivity contribution < 1.29 is 19.1 Å². The van der Waals surface area contributed by atoms with Gasteiger partial charge in [-0.1, -0.05) is 12.1 Å². The number of anilines is 1. The fourth-order valence-corrected chi connectivity index (χ4v) is 5.55. The number of rotatable bonds is 6. The molecule has 5 nitrogen and oxygen atoms in total. The van der Waals surface area contributed by atoms with Crippen LogP contribution in [0.4, 0.5) is 5.69 Å². The molecule has 0 saturated carbocycles. The maximum absolute atomic E-state index is 12.4. The van der Waals surface area contributed by atoms with E-state index in [0.717, 1.165) is 0 Å². The van der Waals surface area contributed by atoms with E-state index >= 15 is 0 Å². The van der Waals surface area contributed by atoms with Crippen molar-refractivity contribution in [3.8, 4) is 5.75 Å². The van der Waals surface area contributed by atoms with E-state index in [1.54, 1.807) is 50.4 Å². The zero-order valence-corrected chi connectivity index (χ0v) is 17.5. The van der Waals surface area contributed by atoms with Crippen molar-refractivity contribution in [3.05, 3.63) is 59.7 Å². The first-order chi connectivity index (χ1) is 13.6. The second kappa shape index (κ2) is 9.89. The molecule has 7 heteroatoms. The lowest BCUT2D eigenvalue weighted by Gasteiger charge is -2.21. The first kappa shape index (κ1) is 20.6. The van der Waals surface area contributed by atoms with Gasteiger partial charge in [0.15, 0.2) is 6.10 Å². The van der Waals surface area contributed by atoms with Crippen LogP contribution < -0.4 is 10.1 Å². The van der Waals surface area contributed by atoms with Gasteiger partial charge in [-0.25, -0.2) is 4.79 Å². The zero-order valence-electron chi connectivity index (χ0n) is 15.8. The Morgan fingerprint density at radius 3 is 2.29 bits per heavy atom. The van der Waals surface area contributed by atoms with Gasteiger partial charge in [0.1, 0.15) is 5.75 Å². The maximum Gasteiger partial charge on any atom is 0.338 e. The number of carbonyl (C=O) groups excluding carboxylic acids is 2. The van der Waals surface area contributed by atoms with Gasteiger partial charge in [0.25, 0.3) is 5.91 Å². The molecule has 1 fully saturated rings. The standard InChI is InChI=1S/C21H23NO4S2/c1-14(19(23)22-17-8-10-18(25-2)11-9-17)26-20(24)15-4-6-16(7-5-15)21-27-12-3-13-28-21/h4-11,14,21H,3,12-13H2,1-2H3,(H,22,23)/t14-/m1/s1. The van der Waals surface area contributed by atoms with Crippen LogP contribution in [0.15, 0.2) is 48.5 Å². The Hall–Kier alpha value is -2.12. The van der Waals surface area contributed by atoms with Crippen LogP contribution in [0.1, 0.15) is 33.8 Å². The molecular weight excluding hydrogens is 394 g/mol. The molecule has 0 unspecified atom stereocenters. The summed E-state index contributed by atoms with van der Waals surface area (Å²) in [4.78, 5) is 24.6. The molecular formula is C21H23NO4S2. The molecule has 1 aliphatic heterocycles. The van der Waals surface area contributed by atoms with Crippen molar-refractivity contribution in [2.45, 2.75) is 24.0 Å². The van der Waals surface area contributed by atoms with Crippen LogP contribution in [0, 0.1) is 0 Å². The molecule has 0 spiro atoms. The van der Waals surface area contributed by atoms with E-state index in [4.69, 9.17) is 9.47 Å². The van der Waals surface area contributed by atoms with Gasteiger partial charge in [0, 0.05) is 5.69 Å². The molecule has 1 N–H and O–H groups in total. The lowest BCUT2D eigenvalue weighted by molar-refractivity contribution is -0.123. The molecule has 1 saturated heterocycles. The smallest absolute Gasteiger partial charge is 0.338 e. The lowest BCUT2D eigenvalue weighted by Crippen LogP contribution is -2.30. The van der Waals surface area contributed by atoms with Gasteiger partial charge in [0.05, 0.1) is 17.3 Å². The van der Waals surface area contributed by atoms with Gasteiger partial charge in [-0.15, -0.1) is 23.5 Å². The Labute approximate surface area is 173 Å². The van der Waals surface area contributed by atoms with E-state index in [9.17, 15) is 9.59 Å². The first-order valence-electron chi connectivity index (χ1n) is 9.06. The van der Waals surface area contributed by atoms with Crippen LogP contribution in [-0.4, -0.2) is 36.6 Å². The van der Waals surface area contributed by atoms with Crippen LogP contribution in [0.2, 0.25) is 0 Å². The predicted octanol–water partition coefficient (Wildman–Crippen LogP) is 4.75. The number of ether oxygens (including phenoxy) is 2. The molecule has 0 aliphatic carbocycles. The van der Waals surface area contributed by atoms with Crippen LogP contribution in [0.25, 0.3) is 0 Å². The summed E-state index contributed by atoms with van der Waals surface area (Å²) in [5, 5.41) is 2.72. The van der Waals surface area contributed by atoms with Crippen LogP contribution in [0.3, 0.4) is 0 Å². The van der Waals surface area contributed by atoms with Gasteiger partial charge in [-0.2, -0.15) is 0 Å². The van der Waals surface area contributed by atoms with Gasteiger partial charge in [-0.05, 0) is 66.8 Å². The number of benzene rings is 2. The second-order valence-electron chi connectivity index (χ2n) is 6.31. The minimum absolute atomic E-state index is 0.384. The quantitative estimate of drug-likeness (QED) is 0.685. The highest BCUT2D eigenvalue weighted by atomic mass is 32.2. The summed E-state index contributed by atoms with van der Waals surface area (Å²) in [5.41, 5.74) is 2.26. The molecule has 0 aromatic heterocycles. The summed E-state index contributed by atoms with van der Waals surface area (Å²) in [6.45, 7) is 1.56. The third-order valence-electron chi connectivity index (χ3n) is 4.26. The number of esters is 1. The van der Waals surface area contributed by atoms with Gasteiger partial charge in [-0.3, -0.25) is 4.79 Å². The number of hydrogen-bond donors (Lipinski definition) is 1. The summed E-state index contributed by atoms with van der Waals surface area (Å²) in [6.07, 6.45) is 0.339. The molecule has 1 amide bonds. The highest BCUT2D eigenvalue weighted by Gasteiger charge is 2.20. The van der Waals surface area contributed by atoms with E-state index in [1.807, 2.05) is 35.7 Å². The fourth-order valence-electron chi connectivity index (χ4n) is 2.66. The van der Waals surface area contributed by atoms with Crippen molar-refractivity contribution in [1.29, 1.82) is 0 Å². The molecule has 28 heavy (non-hydrogen) atoms. The van der Waals surface area contributed by atoms with E-state index in [-0.39, 0.29) is 5.91 Å². The monoisotopic (exact) mass is 417 g/mol. The average Bonchev–Trinajstić information content (AvgIpc) is 2.75. The third kappa shape index (κ3) is 5.45. The topological polar surface area (TPSA) is 64.6 Å². The van der Waals surface area contributed by atoms with Crippen molar-refractivity contribution in [2.75, 3.05) is 23.9 Å². The number of hydrogen-bond acceptors (Lipinski definition) is 6. The highest BCUT2D eigenvalue weighted by Crippen LogP contribution is 2.43. The molecule has 0 radical (unpaired) electrons. The van der Waals surface area contributed by atoms with Crippen molar-refractivity contribution >= 4 is 41.1 Å². The Morgan fingerprint density at radius 1 is 1.04 bits per heavy atom. The normalized spacial score (nSPS) is 15.5. The summed E-state index contributed by atoms with van der Waals surface area (Å²) in [6, 6.07) is 14.4. The van der Waals surface area contributed by atoms with Gasteiger partial charge >= 0.3 is 5.97 Å². The van der Waals surface area contributed by atoms with Crippen LogP contribution in [-0.2, 0) is 9.53 Å². The summed E-state index contributed by atoms with van der Waals surface area (Å²) in [7, 11) is 1.58. The Bertz CT molecular complexity index is 802. The van der Waals surface area contributed by atoms with Gasteiger partial charge in [0.2, 0.25) is 0 Å². The minimum atomic E-state index is -0.904. The van der Waals surface area contributed by atoms with Crippen molar-refractivity contribution in [1.82, 2.24) is 0 Å². The molecule has 2 aromatic rings. The lowest BCUT2D eigenvalue weighted by atomic mass is 10.1. The van der Waals surface area contributed by atoms with Crippen molar-refractivity contribution in [2.24, 2.45) is 0 Å². The number of amides is 1. The summed E-state index contributed by atoms with van der Waals surface area (Å²) in [5.74, 6) is 2.15. The predicted molar refractivity (Wildman–Crippen MR) is 115 cm³/mol. The molecule has 148 valence electrons. The van der Waals surface area contributed by atoms with E-state index in [0.29, 0.717) is 21.6 Å². The molecule has 1 heterocycles. The summed E-state index contributed by atoms with van der Waals surface area (Å²) < 4.78 is 10.8. The van der Waals surface area contributed by atoms with Crippen LogP contribution >= 0.6 is 23.5 Å². The van der Waals surface area contributed by atoms with E-state index in [2.05, 4.69) is 5.32 Å². The highest BCUT2D eigenvalue weighted by molar-refractivity contribution is 8.16. The summed E-state index contributed by atoms with van der Waals surface area (Å²) >= 11 is 3.87. The molecule has 2 aromatic carbocycles. The Kier molecular flexibility index (Phi) is 7.28. The number of thioether (sulfide) groups is 2. The third-order valence-corrected chi connectivity index (χ3v) is 7.27. The molecule has 0 bridgehead atoms. The van der Waals surface area contributed by atoms with Crippen LogP contribution in [0.5, 0.6) is 5.75 Å². The first-order valence-corrected chi connectivity index (χ1v) is 11.2. The second-order valence-corrected chi connectivity index (χ2v) is 9.04. The molecule has 1 atom stereocenters. The number of nitrogens with one attached hydrogen (secondary N) is 1.